The SMILES string of the molecule is Cc1ccc2c(n1)C[C@@H](O)CC[C@@H]2C. The van der Waals surface area contributed by atoms with E-state index in [1.165, 1.54) is 5.56 Å². The summed E-state index contributed by atoms with van der Waals surface area (Å²) in [6.07, 6.45) is 2.49. The van der Waals surface area contributed by atoms with Crippen LogP contribution in [0.2, 0.25) is 0 Å². The van der Waals surface area contributed by atoms with Crippen molar-refractivity contribution in [1.29, 1.82) is 0 Å². The second-order valence-electron chi connectivity index (χ2n) is 4.32. The lowest BCUT2D eigenvalue weighted by Crippen LogP contribution is -2.09. The summed E-state index contributed by atoms with van der Waals surface area (Å²) >= 11 is 0. The molecule has 76 valence electrons. The molecule has 0 spiro atoms. The summed E-state index contributed by atoms with van der Waals surface area (Å²) in [5, 5.41) is 9.70. The Balaban J connectivity index is 2.41. The van der Waals surface area contributed by atoms with Crippen LogP contribution in [0, 0.1) is 6.92 Å². The Labute approximate surface area is 85.0 Å². The zero-order valence-corrected chi connectivity index (χ0v) is 8.83. The maximum Gasteiger partial charge on any atom is 0.0596 e. The highest BCUT2D eigenvalue weighted by Crippen LogP contribution is 2.29. The summed E-state index contributed by atoms with van der Waals surface area (Å²) in [4.78, 5) is 4.51. The molecule has 2 rings (SSSR count). The number of fused-ring (bicyclic) bond motifs is 1. The highest BCUT2D eigenvalue weighted by molar-refractivity contribution is 5.27. The first-order chi connectivity index (χ1) is 6.66. The van der Waals surface area contributed by atoms with Gasteiger partial charge in [-0.05, 0) is 37.3 Å². The minimum absolute atomic E-state index is 0.201. The lowest BCUT2D eigenvalue weighted by atomic mass is 9.97. The van der Waals surface area contributed by atoms with Gasteiger partial charge in [0.05, 0.1) is 6.10 Å². The van der Waals surface area contributed by atoms with Gasteiger partial charge in [-0.25, -0.2) is 0 Å². The summed E-state index contributed by atoms with van der Waals surface area (Å²) in [5.41, 5.74) is 3.47. The second-order valence-corrected chi connectivity index (χ2v) is 4.32. The Kier molecular flexibility index (Phi) is 2.55. The van der Waals surface area contributed by atoms with Crippen LogP contribution in [-0.4, -0.2) is 16.2 Å². The summed E-state index contributed by atoms with van der Waals surface area (Å²) < 4.78 is 0. The normalized spacial score (nSPS) is 26.8. The van der Waals surface area contributed by atoms with Crippen LogP contribution in [0.15, 0.2) is 12.1 Å². The van der Waals surface area contributed by atoms with Crippen molar-refractivity contribution in [3.63, 3.8) is 0 Å². The lowest BCUT2D eigenvalue weighted by molar-refractivity contribution is 0.163. The predicted octanol–water partition coefficient (Wildman–Crippen LogP) is 2.19. The Morgan fingerprint density at radius 1 is 1.36 bits per heavy atom. The fraction of sp³-hybridized carbons (Fsp3) is 0.583. The largest absolute Gasteiger partial charge is 0.393 e. The average Bonchev–Trinajstić information content (AvgIpc) is 2.26. The van der Waals surface area contributed by atoms with E-state index in [-0.39, 0.29) is 6.10 Å². The summed E-state index contributed by atoms with van der Waals surface area (Å²) in [5.74, 6) is 0.537. The van der Waals surface area contributed by atoms with Crippen LogP contribution in [0.5, 0.6) is 0 Å². The van der Waals surface area contributed by atoms with Crippen LogP contribution in [0.1, 0.15) is 42.6 Å². The molecule has 14 heavy (non-hydrogen) atoms. The standard InChI is InChI=1S/C12H17NO/c1-8-3-5-10(14)7-12-11(8)6-4-9(2)13-12/h4,6,8,10,14H,3,5,7H2,1-2H3/t8-,10-/m0/s1. The first-order valence-corrected chi connectivity index (χ1v) is 5.31. The molecule has 2 nitrogen and oxygen atoms in total. The highest BCUT2D eigenvalue weighted by atomic mass is 16.3. The Hall–Kier alpha value is -0.890. The third kappa shape index (κ3) is 1.80. The predicted molar refractivity (Wildman–Crippen MR) is 56.3 cm³/mol. The minimum Gasteiger partial charge on any atom is -0.393 e. The first kappa shape index (κ1) is 9.66. The van der Waals surface area contributed by atoms with Gasteiger partial charge in [-0.15, -0.1) is 0 Å². The van der Waals surface area contributed by atoms with Crippen molar-refractivity contribution in [3.8, 4) is 0 Å². The van der Waals surface area contributed by atoms with Crippen molar-refractivity contribution in [3.05, 3.63) is 29.1 Å². The Morgan fingerprint density at radius 3 is 2.93 bits per heavy atom. The molecular formula is C12H17NO. The molecule has 1 aromatic rings. The van der Waals surface area contributed by atoms with E-state index < -0.39 is 0 Å². The van der Waals surface area contributed by atoms with Gasteiger partial charge in [0.1, 0.15) is 0 Å². The molecule has 1 aliphatic rings. The van der Waals surface area contributed by atoms with E-state index in [0.29, 0.717) is 5.92 Å². The third-order valence-electron chi connectivity index (χ3n) is 3.04. The summed E-state index contributed by atoms with van der Waals surface area (Å²) in [7, 11) is 0. The molecule has 0 amide bonds. The van der Waals surface area contributed by atoms with Crippen molar-refractivity contribution >= 4 is 0 Å². The summed E-state index contributed by atoms with van der Waals surface area (Å²) in [6, 6.07) is 4.23. The molecule has 0 radical (unpaired) electrons. The van der Waals surface area contributed by atoms with Gasteiger partial charge in [0.2, 0.25) is 0 Å². The zero-order valence-electron chi connectivity index (χ0n) is 8.83. The maximum absolute atomic E-state index is 9.70. The molecule has 0 aliphatic heterocycles. The number of aromatic nitrogens is 1. The molecule has 0 unspecified atom stereocenters. The summed E-state index contributed by atoms with van der Waals surface area (Å²) in [6.45, 7) is 4.22. The fourth-order valence-electron chi connectivity index (χ4n) is 2.16. The lowest BCUT2D eigenvalue weighted by Gasteiger charge is -2.11. The zero-order chi connectivity index (χ0) is 10.1. The van der Waals surface area contributed by atoms with Crippen LogP contribution in [0.3, 0.4) is 0 Å². The molecule has 1 N–H and O–H groups in total. The molecule has 0 bridgehead atoms. The van der Waals surface area contributed by atoms with Crippen LogP contribution in [0.25, 0.3) is 0 Å². The molecular weight excluding hydrogens is 174 g/mol. The van der Waals surface area contributed by atoms with Crippen molar-refractivity contribution in [2.75, 3.05) is 0 Å². The van der Waals surface area contributed by atoms with E-state index in [2.05, 4.69) is 24.0 Å². The number of hydrogen-bond donors (Lipinski definition) is 1. The van der Waals surface area contributed by atoms with Crippen molar-refractivity contribution in [2.24, 2.45) is 0 Å². The highest BCUT2D eigenvalue weighted by Gasteiger charge is 2.20. The first-order valence-electron chi connectivity index (χ1n) is 5.31. The molecule has 0 saturated carbocycles. The molecule has 2 heteroatoms. The van der Waals surface area contributed by atoms with E-state index >= 15 is 0 Å². The second kappa shape index (κ2) is 3.70. The number of hydrogen-bond acceptors (Lipinski definition) is 2. The Morgan fingerprint density at radius 2 is 2.14 bits per heavy atom. The van der Waals surface area contributed by atoms with E-state index in [1.807, 2.05) is 6.92 Å². The third-order valence-corrected chi connectivity index (χ3v) is 3.04. The molecule has 2 atom stereocenters. The van der Waals surface area contributed by atoms with Gasteiger partial charge in [-0.3, -0.25) is 4.98 Å². The molecule has 1 heterocycles. The topological polar surface area (TPSA) is 33.1 Å². The van der Waals surface area contributed by atoms with Crippen molar-refractivity contribution in [1.82, 2.24) is 4.98 Å². The number of aryl methyl sites for hydroxylation is 1. The fourth-order valence-corrected chi connectivity index (χ4v) is 2.16. The number of nitrogens with zero attached hydrogens (tertiary/aromatic N) is 1. The molecule has 1 aromatic heterocycles. The van der Waals surface area contributed by atoms with Crippen LogP contribution < -0.4 is 0 Å². The molecule has 1 aliphatic carbocycles. The number of aliphatic hydroxyl groups is 1. The van der Waals surface area contributed by atoms with Crippen molar-refractivity contribution < 1.29 is 5.11 Å². The van der Waals surface area contributed by atoms with Gasteiger partial charge in [-0.1, -0.05) is 13.0 Å². The van der Waals surface area contributed by atoms with E-state index in [0.717, 1.165) is 30.7 Å². The van der Waals surface area contributed by atoms with Gasteiger partial charge in [0, 0.05) is 17.8 Å². The quantitative estimate of drug-likeness (QED) is 0.638. The minimum atomic E-state index is -0.201. The van der Waals surface area contributed by atoms with Gasteiger partial charge in [0.25, 0.3) is 0 Å². The van der Waals surface area contributed by atoms with E-state index in [9.17, 15) is 5.11 Å². The van der Waals surface area contributed by atoms with Gasteiger partial charge in [-0.2, -0.15) is 0 Å². The van der Waals surface area contributed by atoms with Gasteiger partial charge < -0.3 is 5.11 Å². The Bertz CT molecular complexity index is 335. The van der Waals surface area contributed by atoms with Crippen molar-refractivity contribution in [2.45, 2.75) is 45.1 Å². The molecule has 0 aromatic carbocycles. The van der Waals surface area contributed by atoms with Crippen LogP contribution >= 0.6 is 0 Å². The molecule has 0 fully saturated rings. The maximum atomic E-state index is 9.70. The average molecular weight is 191 g/mol. The van der Waals surface area contributed by atoms with E-state index in [4.69, 9.17) is 0 Å². The van der Waals surface area contributed by atoms with E-state index in [1.54, 1.807) is 0 Å². The smallest absolute Gasteiger partial charge is 0.0596 e. The monoisotopic (exact) mass is 191 g/mol. The van der Waals surface area contributed by atoms with Crippen LogP contribution in [-0.2, 0) is 6.42 Å². The number of rotatable bonds is 0. The number of pyridine rings is 1. The van der Waals surface area contributed by atoms with Gasteiger partial charge in [0.15, 0.2) is 0 Å². The van der Waals surface area contributed by atoms with Crippen LogP contribution in [0.4, 0.5) is 0 Å². The van der Waals surface area contributed by atoms with Gasteiger partial charge >= 0.3 is 0 Å². The molecule has 0 saturated heterocycles. The number of aliphatic hydroxyl groups excluding tert-OH is 1.